The van der Waals surface area contributed by atoms with Gasteiger partial charge in [0.1, 0.15) is 6.54 Å². The van der Waals surface area contributed by atoms with Gasteiger partial charge in [0.05, 0.1) is 6.04 Å². The number of rotatable bonds is 5. The Morgan fingerprint density at radius 2 is 1.74 bits per heavy atom. The zero-order valence-corrected chi connectivity index (χ0v) is 14.3. The minimum absolute atomic E-state index is 0.0464. The van der Waals surface area contributed by atoms with Crippen molar-refractivity contribution in [1.29, 1.82) is 0 Å². The van der Waals surface area contributed by atoms with Gasteiger partial charge in [-0.15, -0.1) is 0 Å². The van der Waals surface area contributed by atoms with Crippen LogP contribution in [0, 0.1) is 0 Å². The summed E-state index contributed by atoms with van der Waals surface area (Å²) in [4.78, 5) is 26.0. The molecule has 126 valence electrons. The van der Waals surface area contributed by atoms with E-state index in [4.69, 9.17) is 0 Å². The zero-order valence-electron chi connectivity index (χ0n) is 14.3. The molecule has 4 nitrogen and oxygen atoms in total. The molecule has 23 heavy (non-hydrogen) atoms. The van der Waals surface area contributed by atoms with E-state index in [-0.39, 0.29) is 30.4 Å². The summed E-state index contributed by atoms with van der Waals surface area (Å²) in [6, 6.07) is 10.0. The van der Waals surface area contributed by atoms with Crippen molar-refractivity contribution < 1.29 is 9.59 Å². The van der Waals surface area contributed by atoms with Crippen molar-refractivity contribution in [3.63, 3.8) is 0 Å². The highest BCUT2D eigenvalue weighted by molar-refractivity contribution is 5.84. The van der Waals surface area contributed by atoms with Crippen LogP contribution in [0.4, 0.5) is 0 Å². The third-order valence-electron chi connectivity index (χ3n) is 4.69. The Morgan fingerprint density at radius 1 is 1.13 bits per heavy atom. The average Bonchev–Trinajstić information content (AvgIpc) is 2.81. The van der Waals surface area contributed by atoms with E-state index in [0.717, 1.165) is 18.4 Å². The van der Waals surface area contributed by atoms with Gasteiger partial charge in [0, 0.05) is 13.0 Å². The Kier molecular flexibility index (Phi) is 6.63. The first-order valence-electron chi connectivity index (χ1n) is 8.69. The second kappa shape index (κ2) is 8.70. The molecule has 0 heterocycles. The molecule has 0 aliphatic heterocycles. The van der Waals surface area contributed by atoms with Crippen LogP contribution in [0.2, 0.25) is 0 Å². The third-order valence-corrected chi connectivity index (χ3v) is 4.69. The van der Waals surface area contributed by atoms with Gasteiger partial charge >= 0.3 is 0 Å². The monoisotopic (exact) mass is 316 g/mol. The normalized spacial score (nSPS) is 17.1. The topological polar surface area (TPSA) is 49.4 Å². The fourth-order valence-electron chi connectivity index (χ4n) is 3.28. The maximum atomic E-state index is 12.4. The molecule has 1 aromatic carbocycles. The molecule has 1 fully saturated rings. The number of nitrogens with one attached hydrogen (secondary N) is 1. The van der Waals surface area contributed by atoms with Gasteiger partial charge in [-0.05, 0) is 25.3 Å². The van der Waals surface area contributed by atoms with E-state index in [1.165, 1.54) is 32.6 Å². The lowest BCUT2D eigenvalue weighted by atomic mass is 10.1. The minimum atomic E-state index is -0.103. The Bertz CT molecular complexity index is 507. The third kappa shape index (κ3) is 5.38. The fourth-order valence-corrected chi connectivity index (χ4v) is 3.28. The number of carbonyl (C=O) groups excluding carboxylic acids is 2. The van der Waals surface area contributed by atoms with Crippen LogP contribution in [0.25, 0.3) is 0 Å². The van der Waals surface area contributed by atoms with Crippen LogP contribution in [0.3, 0.4) is 0 Å². The van der Waals surface area contributed by atoms with Crippen molar-refractivity contribution in [2.75, 3.05) is 6.54 Å². The summed E-state index contributed by atoms with van der Waals surface area (Å²) in [5, 5.41) is 3.12. The molecule has 1 unspecified atom stereocenters. The predicted octanol–water partition coefficient (Wildman–Crippen LogP) is 3.44. The van der Waals surface area contributed by atoms with Gasteiger partial charge in [-0.2, -0.15) is 0 Å². The minimum Gasteiger partial charge on any atom is -0.352 e. The molecule has 2 amide bonds. The van der Waals surface area contributed by atoms with Crippen molar-refractivity contribution in [1.82, 2.24) is 10.2 Å². The number of nitrogens with zero attached hydrogens (tertiary/aromatic N) is 1. The molecule has 0 saturated heterocycles. The summed E-state index contributed by atoms with van der Waals surface area (Å²) in [6.07, 6.45) is 7.00. The molecule has 1 aromatic rings. The van der Waals surface area contributed by atoms with Crippen molar-refractivity contribution in [3.05, 3.63) is 35.9 Å². The molecule has 1 saturated carbocycles. The van der Waals surface area contributed by atoms with E-state index in [1.807, 2.05) is 37.3 Å². The average molecular weight is 316 g/mol. The van der Waals surface area contributed by atoms with Crippen molar-refractivity contribution in [3.8, 4) is 0 Å². The maximum absolute atomic E-state index is 12.4. The van der Waals surface area contributed by atoms with Gasteiger partial charge in [0.25, 0.3) is 0 Å². The van der Waals surface area contributed by atoms with Crippen LogP contribution < -0.4 is 5.32 Å². The molecular weight excluding hydrogens is 288 g/mol. The van der Waals surface area contributed by atoms with Gasteiger partial charge in [-0.3, -0.25) is 9.59 Å². The molecule has 0 bridgehead atoms. The fraction of sp³-hybridized carbons (Fsp3) is 0.579. The number of amides is 2. The maximum Gasteiger partial charge on any atom is 0.239 e. The lowest BCUT2D eigenvalue weighted by molar-refractivity contribution is -0.136. The van der Waals surface area contributed by atoms with Crippen LogP contribution in [0.1, 0.15) is 64.0 Å². The lowest BCUT2D eigenvalue weighted by Crippen LogP contribution is -2.44. The Hall–Kier alpha value is -1.84. The second-order valence-corrected chi connectivity index (χ2v) is 6.49. The molecular formula is C19H28N2O2. The molecule has 4 heteroatoms. The van der Waals surface area contributed by atoms with Crippen molar-refractivity contribution in [2.45, 2.75) is 64.5 Å². The zero-order chi connectivity index (χ0) is 16.7. The molecule has 2 rings (SSSR count). The highest BCUT2D eigenvalue weighted by Crippen LogP contribution is 2.20. The number of carbonyl (C=O) groups is 2. The van der Waals surface area contributed by atoms with E-state index in [2.05, 4.69) is 5.32 Å². The first kappa shape index (κ1) is 17.5. The first-order valence-corrected chi connectivity index (χ1v) is 8.69. The molecule has 1 atom stereocenters. The van der Waals surface area contributed by atoms with Crippen LogP contribution in [0.5, 0.6) is 0 Å². The van der Waals surface area contributed by atoms with Gasteiger partial charge in [-0.1, -0.05) is 56.0 Å². The predicted molar refractivity (Wildman–Crippen MR) is 91.9 cm³/mol. The summed E-state index contributed by atoms with van der Waals surface area (Å²) < 4.78 is 0. The van der Waals surface area contributed by atoms with Gasteiger partial charge in [0.15, 0.2) is 0 Å². The summed E-state index contributed by atoms with van der Waals surface area (Å²) >= 11 is 0. The standard InChI is InChI=1S/C19H28N2O2/c1-15(17-10-6-5-7-11-17)21(16(2)22)14-19(23)20-18-12-8-3-4-9-13-18/h5-7,10-11,15,18H,3-4,8-9,12-14H2,1-2H3,(H,20,23). The smallest absolute Gasteiger partial charge is 0.239 e. The summed E-state index contributed by atoms with van der Waals surface area (Å²) in [6.45, 7) is 3.62. The largest absolute Gasteiger partial charge is 0.352 e. The summed E-state index contributed by atoms with van der Waals surface area (Å²) in [5.41, 5.74) is 1.05. The Balaban J connectivity index is 1.95. The molecule has 0 radical (unpaired) electrons. The SMILES string of the molecule is CC(=O)N(CC(=O)NC1CCCCCC1)C(C)c1ccccc1. The van der Waals surface area contributed by atoms with E-state index in [0.29, 0.717) is 0 Å². The first-order chi connectivity index (χ1) is 11.1. The summed E-state index contributed by atoms with van der Waals surface area (Å²) in [7, 11) is 0. The van der Waals surface area contributed by atoms with Crippen LogP contribution in [0.15, 0.2) is 30.3 Å². The van der Waals surface area contributed by atoms with Gasteiger partial charge in [0.2, 0.25) is 11.8 Å². The molecule has 1 aliphatic rings. The van der Waals surface area contributed by atoms with E-state index in [1.54, 1.807) is 4.90 Å². The quantitative estimate of drug-likeness (QED) is 0.846. The molecule has 0 spiro atoms. The van der Waals surface area contributed by atoms with E-state index >= 15 is 0 Å². The van der Waals surface area contributed by atoms with Crippen LogP contribution >= 0.6 is 0 Å². The highest BCUT2D eigenvalue weighted by atomic mass is 16.2. The second-order valence-electron chi connectivity index (χ2n) is 6.49. The molecule has 1 aliphatic carbocycles. The highest BCUT2D eigenvalue weighted by Gasteiger charge is 2.22. The summed E-state index contributed by atoms with van der Waals surface area (Å²) in [5.74, 6) is -0.118. The Morgan fingerprint density at radius 3 is 2.30 bits per heavy atom. The number of hydrogen-bond acceptors (Lipinski definition) is 2. The van der Waals surface area contributed by atoms with Crippen LogP contribution in [-0.4, -0.2) is 29.3 Å². The van der Waals surface area contributed by atoms with Gasteiger partial charge in [-0.25, -0.2) is 0 Å². The lowest BCUT2D eigenvalue weighted by Gasteiger charge is -2.29. The molecule has 0 aromatic heterocycles. The van der Waals surface area contributed by atoms with Crippen LogP contribution in [-0.2, 0) is 9.59 Å². The number of hydrogen-bond donors (Lipinski definition) is 1. The molecule has 1 N–H and O–H groups in total. The van der Waals surface area contributed by atoms with E-state index < -0.39 is 0 Å². The van der Waals surface area contributed by atoms with Crippen molar-refractivity contribution in [2.24, 2.45) is 0 Å². The van der Waals surface area contributed by atoms with E-state index in [9.17, 15) is 9.59 Å². The van der Waals surface area contributed by atoms with Gasteiger partial charge < -0.3 is 10.2 Å². The van der Waals surface area contributed by atoms with Crippen molar-refractivity contribution >= 4 is 11.8 Å². The number of benzene rings is 1. The Labute approximate surface area is 139 Å².